The highest BCUT2D eigenvalue weighted by molar-refractivity contribution is 7.89. The Bertz CT molecular complexity index is 966. The van der Waals surface area contributed by atoms with E-state index in [4.69, 9.17) is 11.6 Å². The molecule has 2 aromatic rings. The van der Waals surface area contributed by atoms with Crippen LogP contribution in [0.5, 0.6) is 0 Å². The second-order valence-corrected chi connectivity index (χ2v) is 8.55. The van der Waals surface area contributed by atoms with Gasteiger partial charge in [-0.3, -0.25) is 4.79 Å². The maximum absolute atomic E-state index is 13.2. The summed E-state index contributed by atoms with van der Waals surface area (Å²) >= 11 is 5.72. The van der Waals surface area contributed by atoms with E-state index in [0.29, 0.717) is 24.5 Å². The first-order valence-corrected chi connectivity index (χ1v) is 9.96. The van der Waals surface area contributed by atoms with Crippen LogP contribution in [-0.4, -0.2) is 36.3 Å². The molecule has 9 heteroatoms. The van der Waals surface area contributed by atoms with E-state index in [-0.39, 0.29) is 15.6 Å². The molecule has 0 aliphatic carbocycles. The average Bonchev–Trinajstić information content (AvgIpc) is 3.21. The first-order chi connectivity index (χ1) is 12.2. The van der Waals surface area contributed by atoms with Crippen molar-refractivity contribution in [2.75, 3.05) is 18.4 Å². The molecule has 1 N–H and O–H groups in total. The molecule has 0 radical (unpaired) electrons. The predicted molar refractivity (Wildman–Crippen MR) is 97.5 cm³/mol. The van der Waals surface area contributed by atoms with Gasteiger partial charge in [0.25, 0.3) is 5.91 Å². The standard InChI is InChI=1S/C17H19ClFN3O3S/c1-11-16(26(24,25)22-7-3-4-8-22)10-15(21(11)2)17(23)20-12-5-6-14(19)13(18)9-12/h5-6,9-10H,3-4,7-8H2,1-2H3,(H,20,23). The summed E-state index contributed by atoms with van der Waals surface area (Å²) in [6.07, 6.45) is 1.67. The van der Waals surface area contributed by atoms with Gasteiger partial charge in [0.1, 0.15) is 16.4 Å². The number of carbonyl (C=O) groups excluding carboxylic acids is 1. The Labute approximate surface area is 156 Å². The number of hydrogen-bond acceptors (Lipinski definition) is 3. The average molecular weight is 400 g/mol. The molecule has 2 heterocycles. The Morgan fingerprint density at radius 2 is 1.88 bits per heavy atom. The lowest BCUT2D eigenvalue weighted by atomic mass is 10.3. The molecule has 0 atom stereocenters. The fraction of sp³-hybridized carbons (Fsp3) is 0.353. The maximum Gasteiger partial charge on any atom is 0.272 e. The normalized spacial score (nSPS) is 15.4. The zero-order chi connectivity index (χ0) is 19.1. The number of nitrogens with one attached hydrogen (secondary N) is 1. The van der Waals surface area contributed by atoms with Gasteiger partial charge in [-0.1, -0.05) is 11.6 Å². The number of anilines is 1. The van der Waals surface area contributed by atoms with Crippen molar-refractivity contribution in [2.45, 2.75) is 24.7 Å². The van der Waals surface area contributed by atoms with Crippen molar-refractivity contribution in [3.63, 3.8) is 0 Å². The van der Waals surface area contributed by atoms with Crippen LogP contribution in [0, 0.1) is 12.7 Å². The number of aromatic nitrogens is 1. The van der Waals surface area contributed by atoms with Crippen LogP contribution in [0.15, 0.2) is 29.2 Å². The Morgan fingerprint density at radius 3 is 2.50 bits per heavy atom. The molecule has 0 saturated carbocycles. The lowest BCUT2D eigenvalue weighted by molar-refractivity contribution is 0.101. The largest absolute Gasteiger partial charge is 0.343 e. The number of halogens is 2. The highest BCUT2D eigenvalue weighted by Gasteiger charge is 2.31. The molecule has 1 saturated heterocycles. The van der Waals surface area contributed by atoms with Crippen LogP contribution in [0.25, 0.3) is 0 Å². The molecule has 1 aliphatic heterocycles. The summed E-state index contributed by atoms with van der Waals surface area (Å²) in [4.78, 5) is 12.7. The van der Waals surface area contributed by atoms with Gasteiger partial charge in [-0.05, 0) is 44.0 Å². The van der Waals surface area contributed by atoms with Crippen molar-refractivity contribution in [2.24, 2.45) is 7.05 Å². The van der Waals surface area contributed by atoms with Crippen LogP contribution in [0.1, 0.15) is 29.0 Å². The van der Waals surface area contributed by atoms with Crippen LogP contribution in [-0.2, 0) is 17.1 Å². The molecule has 26 heavy (non-hydrogen) atoms. The van der Waals surface area contributed by atoms with E-state index in [1.165, 1.54) is 27.1 Å². The molecule has 140 valence electrons. The smallest absolute Gasteiger partial charge is 0.272 e. The summed E-state index contributed by atoms with van der Waals surface area (Å²) in [5.41, 5.74) is 1.00. The number of amides is 1. The molecule has 1 aliphatic rings. The van der Waals surface area contributed by atoms with Crippen LogP contribution < -0.4 is 5.32 Å². The van der Waals surface area contributed by atoms with Gasteiger partial charge in [-0.2, -0.15) is 4.31 Å². The maximum atomic E-state index is 13.2. The molecule has 6 nitrogen and oxygen atoms in total. The Kier molecular flexibility index (Phi) is 5.09. The first kappa shape index (κ1) is 18.9. The summed E-state index contributed by atoms with van der Waals surface area (Å²) in [6.45, 7) is 2.65. The van der Waals surface area contributed by atoms with Gasteiger partial charge in [0.15, 0.2) is 0 Å². The minimum absolute atomic E-state index is 0.108. The molecule has 1 aromatic carbocycles. The van der Waals surface area contributed by atoms with Gasteiger partial charge in [0, 0.05) is 31.5 Å². The third kappa shape index (κ3) is 3.36. The van der Waals surface area contributed by atoms with Crippen molar-refractivity contribution in [1.29, 1.82) is 0 Å². The first-order valence-electron chi connectivity index (χ1n) is 8.14. The molecular formula is C17H19ClFN3O3S. The van der Waals surface area contributed by atoms with Crippen molar-refractivity contribution >= 4 is 33.2 Å². The molecule has 1 amide bonds. The SMILES string of the molecule is Cc1c(S(=O)(=O)N2CCCC2)cc(C(=O)Nc2ccc(F)c(Cl)c2)n1C. The number of nitrogens with zero attached hydrogens (tertiary/aromatic N) is 2. The molecule has 0 bridgehead atoms. The lowest BCUT2D eigenvalue weighted by Crippen LogP contribution is -2.28. The summed E-state index contributed by atoms with van der Waals surface area (Å²) in [6, 6.07) is 5.21. The second kappa shape index (κ2) is 7.02. The third-order valence-corrected chi connectivity index (χ3v) is 6.89. The highest BCUT2D eigenvalue weighted by Crippen LogP contribution is 2.27. The van der Waals surface area contributed by atoms with Gasteiger partial charge >= 0.3 is 0 Å². The number of sulfonamides is 1. The van der Waals surface area contributed by atoms with E-state index in [9.17, 15) is 17.6 Å². The van der Waals surface area contributed by atoms with Gasteiger partial charge in [-0.25, -0.2) is 12.8 Å². The Hall–Kier alpha value is -1.90. The monoisotopic (exact) mass is 399 g/mol. The molecule has 1 fully saturated rings. The molecule has 0 spiro atoms. The van der Waals surface area contributed by atoms with E-state index >= 15 is 0 Å². The van der Waals surface area contributed by atoms with Crippen LogP contribution in [0.2, 0.25) is 5.02 Å². The van der Waals surface area contributed by atoms with E-state index in [1.807, 2.05) is 0 Å². The second-order valence-electron chi connectivity index (χ2n) is 6.23. The van der Waals surface area contributed by atoms with Crippen LogP contribution >= 0.6 is 11.6 Å². The zero-order valence-electron chi connectivity index (χ0n) is 14.4. The molecule has 3 rings (SSSR count). The minimum Gasteiger partial charge on any atom is -0.343 e. The predicted octanol–water partition coefficient (Wildman–Crippen LogP) is 3.16. The van der Waals surface area contributed by atoms with Crippen LogP contribution in [0.3, 0.4) is 0 Å². The van der Waals surface area contributed by atoms with Crippen molar-refractivity contribution in [3.05, 3.63) is 46.5 Å². The number of benzene rings is 1. The fourth-order valence-electron chi connectivity index (χ4n) is 2.99. The third-order valence-electron chi connectivity index (χ3n) is 4.58. The fourth-order valence-corrected chi connectivity index (χ4v) is 4.96. The zero-order valence-corrected chi connectivity index (χ0v) is 16.0. The quantitative estimate of drug-likeness (QED) is 0.858. The van der Waals surface area contributed by atoms with Crippen molar-refractivity contribution in [1.82, 2.24) is 8.87 Å². The van der Waals surface area contributed by atoms with Gasteiger partial charge in [0.05, 0.1) is 5.02 Å². The number of carbonyl (C=O) groups is 1. The van der Waals surface area contributed by atoms with Crippen molar-refractivity contribution < 1.29 is 17.6 Å². The topological polar surface area (TPSA) is 71.4 Å². The van der Waals surface area contributed by atoms with E-state index in [2.05, 4.69) is 5.32 Å². The molecule has 0 unspecified atom stereocenters. The van der Waals surface area contributed by atoms with E-state index in [1.54, 1.807) is 14.0 Å². The number of hydrogen-bond donors (Lipinski definition) is 1. The molecular weight excluding hydrogens is 381 g/mol. The summed E-state index contributed by atoms with van der Waals surface area (Å²) < 4.78 is 41.8. The summed E-state index contributed by atoms with van der Waals surface area (Å²) in [7, 11) is -2.00. The van der Waals surface area contributed by atoms with E-state index in [0.717, 1.165) is 18.9 Å². The Morgan fingerprint density at radius 1 is 1.23 bits per heavy atom. The molecule has 1 aromatic heterocycles. The summed E-state index contributed by atoms with van der Waals surface area (Å²) in [5.74, 6) is -1.08. The van der Waals surface area contributed by atoms with Gasteiger partial charge < -0.3 is 9.88 Å². The van der Waals surface area contributed by atoms with Crippen LogP contribution in [0.4, 0.5) is 10.1 Å². The summed E-state index contributed by atoms with van der Waals surface area (Å²) in [5, 5.41) is 2.50. The van der Waals surface area contributed by atoms with E-state index < -0.39 is 21.7 Å². The highest BCUT2D eigenvalue weighted by atomic mass is 35.5. The van der Waals surface area contributed by atoms with Gasteiger partial charge in [0.2, 0.25) is 10.0 Å². The number of rotatable bonds is 4. The lowest BCUT2D eigenvalue weighted by Gasteiger charge is -2.15. The minimum atomic E-state index is -3.63. The van der Waals surface area contributed by atoms with Crippen molar-refractivity contribution in [3.8, 4) is 0 Å². The Balaban J connectivity index is 1.91. The van der Waals surface area contributed by atoms with Gasteiger partial charge in [-0.15, -0.1) is 0 Å².